The highest BCUT2D eigenvalue weighted by molar-refractivity contribution is 6.54. The highest BCUT2D eigenvalue weighted by Crippen LogP contribution is 2.30. The second-order valence-corrected chi connectivity index (χ2v) is 7.33. The molecule has 5 rings (SSSR count). The van der Waals surface area contributed by atoms with Crippen molar-refractivity contribution >= 4 is 35.1 Å². The number of nitrogens with zero attached hydrogens (tertiary/aromatic N) is 3. The van der Waals surface area contributed by atoms with Gasteiger partial charge in [0.15, 0.2) is 23.0 Å². The molecule has 0 saturated heterocycles. The van der Waals surface area contributed by atoms with Crippen LogP contribution in [0.15, 0.2) is 88.6 Å². The maximum absolute atomic E-state index is 13.3. The summed E-state index contributed by atoms with van der Waals surface area (Å²) in [5, 5.41) is 18.2. The second-order valence-electron chi connectivity index (χ2n) is 7.33. The molecule has 0 unspecified atom stereocenters. The molecule has 0 spiro atoms. The van der Waals surface area contributed by atoms with Gasteiger partial charge in [0.05, 0.1) is 12.8 Å². The Balaban J connectivity index is 1.60. The van der Waals surface area contributed by atoms with E-state index in [1.807, 2.05) is 36.4 Å². The number of carbonyl (C=O) groups excluding carboxylic acids is 2. The summed E-state index contributed by atoms with van der Waals surface area (Å²) in [6, 6.07) is 21.0. The number of ether oxygens (including phenoxy) is 1. The van der Waals surface area contributed by atoms with Gasteiger partial charge in [0.2, 0.25) is 0 Å². The maximum Gasteiger partial charge on any atom is 0.298 e. The lowest BCUT2D eigenvalue weighted by Gasteiger charge is -2.13. The molecule has 3 aromatic rings. The predicted molar refractivity (Wildman–Crippen MR) is 124 cm³/mol. The van der Waals surface area contributed by atoms with Crippen molar-refractivity contribution < 1.29 is 19.4 Å². The number of hydrazone groups is 1. The fourth-order valence-electron chi connectivity index (χ4n) is 3.62. The van der Waals surface area contributed by atoms with Crippen LogP contribution >= 0.6 is 0 Å². The van der Waals surface area contributed by atoms with Gasteiger partial charge in [-0.25, -0.2) is 4.99 Å². The van der Waals surface area contributed by atoms with E-state index in [9.17, 15) is 14.7 Å². The Labute approximate surface area is 189 Å². The van der Waals surface area contributed by atoms with Gasteiger partial charge in [0, 0.05) is 11.1 Å². The van der Waals surface area contributed by atoms with Crippen molar-refractivity contribution in [1.82, 2.24) is 5.01 Å². The Morgan fingerprint density at radius 3 is 2.58 bits per heavy atom. The van der Waals surface area contributed by atoms with E-state index >= 15 is 0 Å². The van der Waals surface area contributed by atoms with Gasteiger partial charge in [-0.15, -0.1) is 0 Å². The molecule has 0 fully saturated rings. The lowest BCUT2D eigenvalue weighted by atomic mass is 10.1. The predicted octanol–water partition coefficient (Wildman–Crippen LogP) is 3.39. The summed E-state index contributed by atoms with van der Waals surface area (Å²) in [5.41, 5.74) is 2.81. The Bertz CT molecular complexity index is 1380. The number of phenols is 1. The largest absolute Gasteiger partial charge is 0.504 e. The van der Waals surface area contributed by atoms with Crippen molar-refractivity contribution in [2.75, 3.05) is 12.4 Å². The van der Waals surface area contributed by atoms with Gasteiger partial charge in [-0.2, -0.15) is 10.1 Å². The summed E-state index contributed by atoms with van der Waals surface area (Å²) in [6.45, 7) is 0. The van der Waals surface area contributed by atoms with Crippen molar-refractivity contribution in [3.8, 4) is 11.5 Å². The number of fused-ring (bicyclic) bond motifs is 1. The van der Waals surface area contributed by atoms with Gasteiger partial charge in [-0.1, -0.05) is 54.6 Å². The minimum absolute atomic E-state index is 0.00943. The smallest absolute Gasteiger partial charge is 0.298 e. The van der Waals surface area contributed by atoms with Crippen LogP contribution < -0.4 is 10.1 Å². The number of aliphatic imine (C=N–C) groups is 1. The number of hydrogen-bond donors (Lipinski definition) is 2. The van der Waals surface area contributed by atoms with Crippen LogP contribution in [0.25, 0.3) is 6.08 Å². The van der Waals surface area contributed by atoms with Crippen molar-refractivity contribution in [3.05, 3.63) is 95.2 Å². The minimum atomic E-state index is -0.481. The highest BCUT2D eigenvalue weighted by Gasteiger charge is 2.34. The van der Waals surface area contributed by atoms with E-state index in [0.29, 0.717) is 28.2 Å². The van der Waals surface area contributed by atoms with Gasteiger partial charge in [-0.05, 0) is 29.8 Å². The van der Waals surface area contributed by atoms with E-state index in [1.165, 1.54) is 13.2 Å². The topological polar surface area (TPSA) is 104 Å². The molecule has 2 aliphatic rings. The number of nitrogens with one attached hydrogen (secondary N) is 1. The summed E-state index contributed by atoms with van der Waals surface area (Å²) in [5.74, 6) is -0.298. The van der Waals surface area contributed by atoms with Crippen LogP contribution in [0.5, 0.6) is 11.5 Å². The van der Waals surface area contributed by atoms with Crippen molar-refractivity contribution in [2.24, 2.45) is 10.1 Å². The molecule has 0 atom stereocenters. The third kappa shape index (κ3) is 3.63. The van der Waals surface area contributed by atoms with E-state index in [4.69, 9.17) is 4.74 Å². The number of amidine groups is 1. The summed E-state index contributed by atoms with van der Waals surface area (Å²) < 4.78 is 5.15. The first-order chi connectivity index (χ1) is 16.0. The third-order valence-electron chi connectivity index (χ3n) is 5.22. The zero-order valence-electron chi connectivity index (χ0n) is 17.5. The van der Waals surface area contributed by atoms with Crippen molar-refractivity contribution in [1.29, 1.82) is 0 Å². The molecule has 2 heterocycles. The van der Waals surface area contributed by atoms with Crippen LogP contribution in [-0.2, 0) is 9.59 Å². The summed E-state index contributed by atoms with van der Waals surface area (Å²) in [6.07, 6.45) is 1.58. The lowest BCUT2D eigenvalue weighted by molar-refractivity contribution is -0.122. The molecule has 2 aliphatic heterocycles. The first kappa shape index (κ1) is 20.2. The lowest BCUT2D eigenvalue weighted by Crippen LogP contribution is -2.30. The van der Waals surface area contributed by atoms with E-state index in [2.05, 4.69) is 15.4 Å². The highest BCUT2D eigenvalue weighted by atomic mass is 16.5. The molecule has 8 heteroatoms. The number of phenolic OH excluding ortho intramolecular Hbond substituents is 1. The SMILES string of the molecule is COc1cc(/C=C2/N=C(c3ccccc3)N(/N=C3\C(=O)Nc4ccccc43)C2=O)ccc1O. The number of carbonyl (C=O) groups is 2. The van der Waals surface area contributed by atoms with Crippen LogP contribution in [0, 0.1) is 0 Å². The number of rotatable bonds is 4. The van der Waals surface area contributed by atoms with Gasteiger partial charge in [-0.3, -0.25) is 9.59 Å². The Morgan fingerprint density at radius 2 is 1.79 bits per heavy atom. The fourth-order valence-corrected chi connectivity index (χ4v) is 3.62. The Kier molecular flexibility index (Phi) is 4.95. The zero-order valence-corrected chi connectivity index (χ0v) is 17.5. The van der Waals surface area contributed by atoms with Gasteiger partial charge in [0.25, 0.3) is 11.8 Å². The summed E-state index contributed by atoms with van der Waals surface area (Å²) in [7, 11) is 1.45. The standard InChI is InChI=1S/C25H18N4O4/c1-33-21-14-15(11-12-20(21)30)13-19-25(32)29(23(26-19)16-7-3-2-4-8-16)28-22-17-9-5-6-10-18(17)27-24(22)31/h2-14,30H,1H3,(H,27,28,31)/b19-13+. The molecule has 162 valence electrons. The van der Waals surface area contributed by atoms with Crippen LogP contribution in [-0.4, -0.2) is 40.6 Å². The van der Waals surface area contributed by atoms with Crippen LogP contribution in [0.3, 0.4) is 0 Å². The van der Waals surface area contributed by atoms with Crippen molar-refractivity contribution in [3.63, 3.8) is 0 Å². The fraction of sp³-hybridized carbons (Fsp3) is 0.0400. The van der Waals surface area contributed by atoms with E-state index in [0.717, 1.165) is 5.01 Å². The first-order valence-electron chi connectivity index (χ1n) is 10.1. The molecule has 2 amide bonds. The van der Waals surface area contributed by atoms with E-state index in [-0.39, 0.29) is 22.9 Å². The number of hydrogen-bond acceptors (Lipinski definition) is 6. The van der Waals surface area contributed by atoms with Gasteiger partial charge in [0.1, 0.15) is 5.70 Å². The molecule has 0 radical (unpaired) electrons. The average molecular weight is 438 g/mol. The van der Waals surface area contributed by atoms with E-state index < -0.39 is 11.8 Å². The van der Waals surface area contributed by atoms with Crippen LogP contribution in [0.2, 0.25) is 0 Å². The van der Waals surface area contributed by atoms with Crippen molar-refractivity contribution in [2.45, 2.75) is 0 Å². The second kappa shape index (κ2) is 8.08. The average Bonchev–Trinajstić information content (AvgIpc) is 3.32. The number of anilines is 1. The molecule has 0 aromatic heterocycles. The zero-order chi connectivity index (χ0) is 22.9. The molecule has 0 saturated carbocycles. The normalized spacial score (nSPS) is 17.4. The monoisotopic (exact) mass is 438 g/mol. The molecule has 2 N–H and O–H groups in total. The molecule has 3 aromatic carbocycles. The van der Waals surface area contributed by atoms with Gasteiger partial charge < -0.3 is 15.2 Å². The maximum atomic E-state index is 13.3. The van der Waals surface area contributed by atoms with E-state index in [1.54, 1.807) is 36.4 Å². The molecule has 8 nitrogen and oxygen atoms in total. The Hall–Kier alpha value is -4.72. The van der Waals surface area contributed by atoms with Crippen LogP contribution in [0.1, 0.15) is 16.7 Å². The van der Waals surface area contributed by atoms with Gasteiger partial charge >= 0.3 is 0 Å². The minimum Gasteiger partial charge on any atom is -0.504 e. The number of methoxy groups -OCH3 is 1. The molecular formula is C25H18N4O4. The number of amides is 2. The summed E-state index contributed by atoms with van der Waals surface area (Å²) >= 11 is 0. The molecule has 33 heavy (non-hydrogen) atoms. The molecular weight excluding hydrogens is 420 g/mol. The first-order valence-corrected chi connectivity index (χ1v) is 10.1. The quantitative estimate of drug-likeness (QED) is 0.610. The van der Waals surface area contributed by atoms with Crippen LogP contribution in [0.4, 0.5) is 5.69 Å². The molecule has 0 bridgehead atoms. The Morgan fingerprint density at radius 1 is 1.03 bits per heavy atom. The number of para-hydroxylation sites is 1. The third-order valence-corrected chi connectivity index (χ3v) is 5.22. The summed E-state index contributed by atoms with van der Waals surface area (Å²) in [4.78, 5) is 30.4. The molecule has 0 aliphatic carbocycles. The number of aromatic hydroxyl groups is 1. The number of benzene rings is 3.